The molecule has 1 aromatic carbocycles. The molecule has 0 aliphatic carbocycles. The Morgan fingerprint density at radius 2 is 1.39 bits per heavy atom. The van der Waals surface area contributed by atoms with E-state index in [1.54, 1.807) is 58.0 Å². The number of benzene rings is 1. The lowest BCUT2D eigenvalue weighted by molar-refractivity contribution is -0.156. The molecule has 26 nitrogen and oxygen atoms in total. The molecule has 1 aromatic rings. The number of primary amides is 1. The van der Waals surface area contributed by atoms with Crippen LogP contribution >= 0.6 is 11.6 Å². The monoisotopic (exact) mass is 1140 g/mol. The number of hydrogen-bond acceptors (Lipinski definition) is 15. The van der Waals surface area contributed by atoms with Gasteiger partial charge in [0, 0.05) is 24.8 Å². The largest absolute Gasteiger partial charge is 0.459 e. The molecule has 0 bridgehead atoms. The van der Waals surface area contributed by atoms with Crippen molar-refractivity contribution >= 4 is 83.1 Å². The Kier molecular flexibility index (Phi) is 28.9. The second-order valence-electron chi connectivity index (χ2n) is 20.3. The van der Waals surface area contributed by atoms with Gasteiger partial charge >= 0.3 is 5.97 Å². The third kappa shape index (κ3) is 22.4. The van der Waals surface area contributed by atoms with Crippen LogP contribution in [0.4, 0.5) is 0 Å². The van der Waals surface area contributed by atoms with E-state index in [-0.39, 0.29) is 31.6 Å². The lowest BCUT2D eigenvalue weighted by Gasteiger charge is -2.33. The summed E-state index contributed by atoms with van der Waals surface area (Å²) < 4.78 is 5.73. The van der Waals surface area contributed by atoms with Gasteiger partial charge < -0.3 is 73.4 Å². The van der Waals surface area contributed by atoms with E-state index < -0.39 is 168 Å². The molecule has 1 saturated heterocycles. The van der Waals surface area contributed by atoms with Crippen molar-refractivity contribution in [1.82, 2.24) is 52.8 Å². The maximum atomic E-state index is 14.2. The number of aliphatic hydroxyl groups is 2. The SMILES string of the molecule is CCC[C@@H]1C(=O)NC(C(C)C(C)Cl)C(=O)N[C@H](CC(N)=O)C(=O)N[C@H]([C@@H](C)O)C(=O)N[C@@H](Cc2ccccc2)C(=O)NCC(=O)N[C@H](CCC)C(=O)OC(C)C(NC(=O)[C@@H](CC(C)C)NC=O)C(O)CC(=O)N[C@H](C)C(=O)N1C. The minimum absolute atomic E-state index is 0.0104. The van der Waals surface area contributed by atoms with Gasteiger partial charge in [0.25, 0.3) is 0 Å². The summed E-state index contributed by atoms with van der Waals surface area (Å²) in [7, 11) is 1.28. The predicted octanol–water partition coefficient (Wildman–Crippen LogP) is -2.44. The number of ether oxygens (including phenoxy) is 1. The topological polar surface area (TPSA) is 392 Å². The molecular weight excluding hydrogens is 1050 g/mol. The van der Waals surface area contributed by atoms with Crippen molar-refractivity contribution in [3.8, 4) is 0 Å². The molecule has 1 heterocycles. The van der Waals surface area contributed by atoms with E-state index in [1.807, 2.05) is 0 Å². The molecule has 1 aliphatic rings. The molecule has 14 atom stereocenters. The minimum Gasteiger partial charge on any atom is -0.459 e. The van der Waals surface area contributed by atoms with Gasteiger partial charge in [0.05, 0.1) is 37.6 Å². The van der Waals surface area contributed by atoms with Crippen LogP contribution in [0, 0.1) is 11.8 Å². The van der Waals surface area contributed by atoms with Gasteiger partial charge in [-0.2, -0.15) is 0 Å². The van der Waals surface area contributed by atoms with Crippen molar-refractivity contribution in [2.24, 2.45) is 17.6 Å². The molecule has 0 radical (unpaired) electrons. The van der Waals surface area contributed by atoms with E-state index in [1.165, 1.54) is 34.7 Å². The van der Waals surface area contributed by atoms with Crippen LogP contribution in [0.25, 0.3) is 0 Å². The summed E-state index contributed by atoms with van der Waals surface area (Å²) >= 11 is 6.46. The third-order valence-electron chi connectivity index (χ3n) is 13.1. The molecule has 2 rings (SSSR count). The second-order valence-corrected chi connectivity index (χ2v) is 21.0. The van der Waals surface area contributed by atoms with Crippen LogP contribution in [0.2, 0.25) is 0 Å². The fourth-order valence-corrected chi connectivity index (χ4v) is 8.67. The molecule has 11 amide bonds. The molecule has 442 valence electrons. The smallest absolute Gasteiger partial charge is 0.328 e. The first-order valence-electron chi connectivity index (χ1n) is 26.4. The van der Waals surface area contributed by atoms with Gasteiger partial charge in [-0.15, -0.1) is 11.6 Å². The van der Waals surface area contributed by atoms with Gasteiger partial charge in [0.2, 0.25) is 65.5 Å². The zero-order valence-corrected chi connectivity index (χ0v) is 47.3. The molecule has 79 heavy (non-hydrogen) atoms. The first-order valence-corrected chi connectivity index (χ1v) is 26.9. The molecule has 1 fully saturated rings. The average Bonchev–Trinajstić information content (AvgIpc) is 3.37. The first-order chi connectivity index (χ1) is 37.1. The number of likely N-dealkylation sites (N-methyl/N-ethyl adjacent to an activating group) is 1. The minimum atomic E-state index is -1.85. The first kappa shape index (κ1) is 68.2. The van der Waals surface area contributed by atoms with Crippen molar-refractivity contribution in [3.63, 3.8) is 0 Å². The number of cyclic esters (lactones) is 1. The molecule has 1 aliphatic heterocycles. The summed E-state index contributed by atoms with van der Waals surface area (Å²) in [5.74, 6) is -11.7. The van der Waals surface area contributed by atoms with Crippen molar-refractivity contribution in [3.05, 3.63) is 35.9 Å². The highest BCUT2D eigenvalue weighted by Crippen LogP contribution is 2.18. The standard InChI is InChI=1S/C52H82ClN11O15/c1-11-16-33-52(78)79-31(9)44(63-46(72)34(56-25-65)20-26(3)4)38(67)23-40(69)57-29(7)51(77)64(10)37(17-12-2)48(74)61-42(27(5)28(6)53)49(75)60-36(22-39(54)68)47(73)62-43(30(8)66)50(76)59-35(21-32-18-14-13-15-19-32)45(71)55-24-41(70)58-33/h13-15,18-19,25-31,33-38,42-44,66-67H,11-12,16-17,20-24H2,1-10H3,(H2,54,68)(H,55,71)(H,56,65)(H,57,69)(H,58,70)(H,59,76)(H,60,75)(H,61,74)(H,62,73)(H,63,72)/t27?,28?,29-,30-,31?,33-,34-,35+,36-,37-,38?,42?,43-,44?/m1/s1. The summed E-state index contributed by atoms with van der Waals surface area (Å²) in [6.45, 7) is 13.0. The van der Waals surface area contributed by atoms with E-state index >= 15 is 0 Å². The number of amides is 11. The Morgan fingerprint density at radius 1 is 0.797 bits per heavy atom. The number of aliphatic hydroxyl groups excluding tert-OH is 2. The number of alkyl halides is 1. The van der Waals surface area contributed by atoms with Crippen LogP contribution in [0.5, 0.6) is 0 Å². The van der Waals surface area contributed by atoms with Gasteiger partial charge in [-0.1, -0.05) is 77.8 Å². The van der Waals surface area contributed by atoms with Gasteiger partial charge in [-0.25, -0.2) is 4.79 Å². The normalized spacial score (nSPS) is 26.9. The molecule has 0 spiro atoms. The van der Waals surface area contributed by atoms with E-state index in [9.17, 15) is 67.7 Å². The van der Waals surface area contributed by atoms with Crippen LogP contribution in [-0.4, -0.2) is 178 Å². The summed E-state index contributed by atoms with van der Waals surface area (Å²) in [6, 6.07) is -5.15. The zero-order valence-electron chi connectivity index (χ0n) is 46.6. The molecule has 27 heteroatoms. The number of nitrogens with zero attached hydrogens (tertiary/aromatic N) is 1. The predicted molar refractivity (Wildman–Crippen MR) is 287 cm³/mol. The van der Waals surface area contributed by atoms with E-state index in [0.717, 1.165) is 11.8 Å². The number of halogens is 1. The quantitative estimate of drug-likeness (QED) is 0.0438. The fourth-order valence-electron chi connectivity index (χ4n) is 8.52. The molecule has 13 N–H and O–H groups in total. The molecule has 0 saturated carbocycles. The van der Waals surface area contributed by atoms with Crippen LogP contribution < -0.4 is 53.6 Å². The Morgan fingerprint density at radius 3 is 1.95 bits per heavy atom. The van der Waals surface area contributed by atoms with E-state index in [4.69, 9.17) is 22.1 Å². The van der Waals surface area contributed by atoms with Crippen LogP contribution in [-0.2, 0) is 68.7 Å². The number of nitrogens with two attached hydrogens (primary N) is 1. The van der Waals surface area contributed by atoms with Gasteiger partial charge in [-0.05, 0) is 58.4 Å². The van der Waals surface area contributed by atoms with Crippen LogP contribution in [0.15, 0.2) is 30.3 Å². The number of carbonyl (C=O) groups is 12. The van der Waals surface area contributed by atoms with E-state index in [2.05, 4.69) is 47.9 Å². The molecular formula is C52H82ClN11O15. The van der Waals surface area contributed by atoms with E-state index in [0.29, 0.717) is 24.8 Å². The highest BCUT2D eigenvalue weighted by atomic mass is 35.5. The Bertz CT molecular complexity index is 2280. The Hall–Kier alpha value is -6.93. The average molecular weight is 1140 g/mol. The summed E-state index contributed by atoms with van der Waals surface area (Å²) in [5, 5.41) is 43.8. The number of nitrogens with one attached hydrogen (secondary N) is 9. The maximum absolute atomic E-state index is 14.2. The van der Waals surface area contributed by atoms with Gasteiger partial charge in [-0.3, -0.25) is 52.7 Å². The van der Waals surface area contributed by atoms with Crippen LogP contribution in [0.3, 0.4) is 0 Å². The highest BCUT2D eigenvalue weighted by Gasteiger charge is 2.40. The molecule has 0 aromatic heterocycles. The Labute approximate surface area is 465 Å². The van der Waals surface area contributed by atoms with Crippen molar-refractivity contribution < 1.29 is 72.5 Å². The number of esters is 1. The van der Waals surface area contributed by atoms with Crippen molar-refractivity contribution in [2.45, 2.75) is 192 Å². The van der Waals surface area contributed by atoms with Crippen molar-refractivity contribution in [1.29, 1.82) is 0 Å². The second kappa shape index (κ2) is 33.5. The van der Waals surface area contributed by atoms with Gasteiger partial charge in [0.1, 0.15) is 54.4 Å². The zero-order chi connectivity index (χ0) is 59.8. The lowest BCUT2D eigenvalue weighted by atomic mass is 9.96. The summed E-state index contributed by atoms with van der Waals surface area (Å²) in [5.41, 5.74) is 6.02. The number of carbonyl (C=O) groups excluding carboxylic acids is 12. The molecule has 6 unspecified atom stereocenters. The van der Waals surface area contributed by atoms with Gasteiger partial charge in [0.15, 0.2) is 0 Å². The van der Waals surface area contributed by atoms with Crippen LogP contribution in [0.1, 0.15) is 113 Å². The fraction of sp³-hybridized carbons (Fsp3) is 0.654. The number of rotatable bonds is 17. The Balaban J connectivity index is 2.79. The highest BCUT2D eigenvalue weighted by molar-refractivity contribution is 6.20. The maximum Gasteiger partial charge on any atom is 0.328 e. The lowest BCUT2D eigenvalue weighted by Crippen LogP contribution is -2.63. The number of hydrogen-bond donors (Lipinski definition) is 12. The third-order valence-corrected chi connectivity index (χ3v) is 13.5. The van der Waals surface area contributed by atoms with Crippen molar-refractivity contribution in [2.75, 3.05) is 13.6 Å². The summed E-state index contributed by atoms with van der Waals surface area (Å²) in [6.07, 6.45) is -5.70. The summed E-state index contributed by atoms with van der Waals surface area (Å²) in [4.78, 5) is 164.